The van der Waals surface area contributed by atoms with Crippen molar-refractivity contribution in [2.45, 2.75) is 6.92 Å². The van der Waals surface area contributed by atoms with Gasteiger partial charge in [-0.25, -0.2) is 8.78 Å². The molecular formula is C16H10BrF2NO. The monoisotopic (exact) mass is 349 g/mol. The fourth-order valence-corrected chi connectivity index (χ4v) is 2.62. The first kappa shape index (κ1) is 13.9. The lowest BCUT2D eigenvalue weighted by atomic mass is 10.0. The van der Waals surface area contributed by atoms with Gasteiger partial charge in [0, 0.05) is 33.2 Å². The van der Waals surface area contributed by atoms with Crippen molar-refractivity contribution in [3.05, 3.63) is 69.3 Å². The average Bonchev–Trinajstić information content (AvgIpc) is 2.85. The molecule has 1 N–H and O–H groups in total. The normalized spacial score (nSPS) is 11.0. The molecule has 0 spiro atoms. The molecule has 0 unspecified atom stereocenters. The second-order valence-electron chi connectivity index (χ2n) is 4.80. The molecule has 1 heterocycles. The second kappa shape index (κ2) is 5.07. The van der Waals surface area contributed by atoms with Crippen molar-refractivity contribution in [1.29, 1.82) is 0 Å². The Kier molecular flexibility index (Phi) is 3.37. The van der Waals surface area contributed by atoms with Crippen molar-refractivity contribution >= 4 is 32.6 Å². The molecule has 106 valence electrons. The zero-order chi connectivity index (χ0) is 15.1. The first-order valence-corrected chi connectivity index (χ1v) is 7.03. The Labute approximate surface area is 127 Å². The summed E-state index contributed by atoms with van der Waals surface area (Å²) in [6, 6.07) is 7.43. The minimum atomic E-state index is -0.854. The summed E-state index contributed by atoms with van der Waals surface area (Å²) < 4.78 is 28.0. The summed E-state index contributed by atoms with van der Waals surface area (Å²) in [6.07, 6.45) is 1.54. The number of ketones is 1. The lowest BCUT2D eigenvalue weighted by molar-refractivity contribution is 0.103. The smallest absolute Gasteiger partial charge is 0.198 e. The van der Waals surface area contributed by atoms with Crippen LogP contribution in [0.4, 0.5) is 8.78 Å². The molecule has 0 fully saturated rings. The number of rotatable bonds is 2. The van der Waals surface area contributed by atoms with E-state index >= 15 is 0 Å². The average molecular weight is 350 g/mol. The van der Waals surface area contributed by atoms with Crippen molar-refractivity contribution in [3.63, 3.8) is 0 Å². The number of H-pyrrole nitrogens is 1. The molecule has 3 aromatic rings. The van der Waals surface area contributed by atoms with Crippen molar-refractivity contribution in [1.82, 2.24) is 4.98 Å². The quantitative estimate of drug-likeness (QED) is 0.665. The zero-order valence-corrected chi connectivity index (χ0v) is 12.6. The lowest BCUT2D eigenvalue weighted by Crippen LogP contribution is -2.05. The van der Waals surface area contributed by atoms with E-state index in [1.54, 1.807) is 6.07 Å². The van der Waals surface area contributed by atoms with E-state index in [2.05, 4.69) is 20.9 Å². The molecule has 2 nitrogen and oxygen atoms in total. The Hall–Kier alpha value is -2.01. The number of halogens is 3. The van der Waals surface area contributed by atoms with Crippen LogP contribution in [0.25, 0.3) is 10.9 Å². The molecule has 0 amide bonds. The molecule has 3 rings (SSSR count). The summed E-state index contributed by atoms with van der Waals surface area (Å²) in [7, 11) is 0. The maximum atomic E-state index is 13.9. The van der Waals surface area contributed by atoms with Gasteiger partial charge in [-0.3, -0.25) is 4.79 Å². The van der Waals surface area contributed by atoms with Crippen LogP contribution in [-0.4, -0.2) is 10.8 Å². The molecular weight excluding hydrogens is 340 g/mol. The van der Waals surface area contributed by atoms with Gasteiger partial charge in [0.1, 0.15) is 11.6 Å². The number of aromatic nitrogens is 1. The maximum absolute atomic E-state index is 13.9. The van der Waals surface area contributed by atoms with E-state index in [0.29, 0.717) is 10.9 Å². The number of hydrogen-bond acceptors (Lipinski definition) is 1. The molecule has 0 atom stereocenters. The van der Waals surface area contributed by atoms with Gasteiger partial charge in [-0.15, -0.1) is 0 Å². The van der Waals surface area contributed by atoms with Crippen LogP contribution in [0.3, 0.4) is 0 Å². The van der Waals surface area contributed by atoms with E-state index in [4.69, 9.17) is 0 Å². The molecule has 21 heavy (non-hydrogen) atoms. The lowest BCUT2D eigenvalue weighted by Gasteiger charge is -2.04. The highest BCUT2D eigenvalue weighted by atomic mass is 79.9. The van der Waals surface area contributed by atoms with Crippen LogP contribution in [0.5, 0.6) is 0 Å². The molecule has 0 saturated heterocycles. The molecule has 1 aromatic heterocycles. The summed E-state index contributed by atoms with van der Waals surface area (Å²) in [5.74, 6) is -1.99. The Morgan fingerprint density at radius 1 is 1.10 bits per heavy atom. The molecule has 0 radical (unpaired) electrons. The number of carbonyl (C=O) groups is 1. The third-order valence-electron chi connectivity index (χ3n) is 3.38. The van der Waals surface area contributed by atoms with Gasteiger partial charge in [0.15, 0.2) is 5.78 Å². The van der Waals surface area contributed by atoms with E-state index < -0.39 is 17.4 Å². The first-order chi connectivity index (χ1) is 9.97. The topological polar surface area (TPSA) is 32.9 Å². The minimum Gasteiger partial charge on any atom is -0.360 e. The maximum Gasteiger partial charge on any atom is 0.198 e. The minimum absolute atomic E-state index is 0.130. The Morgan fingerprint density at radius 3 is 2.62 bits per heavy atom. The van der Waals surface area contributed by atoms with E-state index in [0.717, 1.165) is 16.1 Å². The molecule has 2 aromatic carbocycles. The van der Waals surface area contributed by atoms with E-state index in [1.165, 1.54) is 19.2 Å². The standard InChI is InChI=1S/C16H10BrF2NO/c1-8-4-11(14(19)6-13(8)18)16(21)12-7-20-15-3-2-9(17)5-10(12)15/h2-7,20H,1H3. The third-order valence-corrected chi connectivity index (χ3v) is 3.87. The Balaban J connectivity index is 2.17. The van der Waals surface area contributed by atoms with Crippen molar-refractivity contribution in [2.75, 3.05) is 0 Å². The van der Waals surface area contributed by atoms with Crippen LogP contribution in [0, 0.1) is 18.6 Å². The second-order valence-corrected chi connectivity index (χ2v) is 5.72. The number of aromatic amines is 1. The summed E-state index contributed by atoms with van der Waals surface area (Å²) in [4.78, 5) is 15.5. The molecule has 5 heteroatoms. The molecule has 0 bridgehead atoms. The number of hydrogen-bond donors (Lipinski definition) is 1. The largest absolute Gasteiger partial charge is 0.360 e. The summed E-state index contributed by atoms with van der Waals surface area (Å²) in [5, 5.41) is 0.691. The third kappa shape index (κ3) is 2.38. The summed E-state index contributed by atoms with van der Waals surface area (Å²) in [6.45, 7) is 1.50. The predicted molar refractivity (Wildman–Crippen MR) is 80.5 cm³/mol. The molecule has 0 aliphatic rings. The van der Waals surface area contributed by atoms with Gasteiger partial charge in [0.05, 0.1) is 5.56 Å². The van der Waals surface area contributed by atoms with Crippen LogP contribution in [-0.2, 0) is 0 Å². The summed E-state index contributed by atoms with van der Waals surface area (Å²) in [5.41, 5.74) is 1.24. The van der Waals surface area contributed by atoms with Gasteiger partial charge in [-0.1, -0.05) is 15.9 Å². The van der Waals surface area contributed by atoms with Gasteiger partial charge in [-0.05, 0) is 36.8 Å². The predicted octanol–water partition coefficient (Wildman–Crippen LogP) is 4.75. The van der Waals surface area contributed by atoms with Crippen molar-refractivity contribution in [2.24, 2.45) is 0 Å². The fraction of sp³-hybridized carbons (Fsp3) is 0.0625. The van der Waals surface area contributed by atoms with Gasteiger partial charge < -0.3 is 4.98 Å². The van der Waals surface area contributed by atoms with Crippen LogP contribution >= 0.6 is 15.9 Å². The fourth-order valence-electron chi connectivity index (χ4n) is 2.26. The number of aryl methyl sites for hydroxylation is 1. The van der Waals surface area contributed by atoms with Gasteiger partial charge in [-0.2, -0.15) is 0 Å². The number of carbonyl (C=O) groups excluding carboxylic acids is 1. The zero-order valence-electron chi connectivity index (χ0n) is 11.0. The highest BCUT2D eigenvalue weighted by Gasteiger charge is 2.19. The number of benzene rings is 2. The number of fused-ring (bicyclic) bond motifs is 1. The Bertz CT molecular complexity index is 870. The van der Waals surface area contributed by atoms with E-state index in [1.807, 2.05) is 12.1 Å². The van der Waals surface area contributed by atoms with Gasteiger partial charge in [0.2, 0.25) is 0 Å². The first-order valence-electron chi connectivity index (χ1n) is 6.24. The van der Waals surface area contributed by atoms with Crippen LogP contribution in [0.2, 0.25) is 0 Å². The van der Waals surface area contributed by atoms with Crippen LogP contribution in [0.1, 0.15) is 21.5 Å². The summed E-state index contributed by atoms with van der Waals surface area (Å²) >= 11 is 3.34. The molecule has 0 saturated carbocycles. The van der Waals surface area contributed by atoms with Crippen LogP contribution in [0.15, 0.2) is 41.0 Å². The highest BCUT2D eigenvalue weighted by molar-refractivity contribution is 9.10. The molecule has 0 aliphatic heterocycles. The highest BCUT2D eigenvalue weighted by Crippen LogP contribution is 2.26. The molecule has 0 aliphatic carbocycles. The van der Waals surface area contributed by atoms with Crippen molar-refractivity contribution in [3.8, 4) is 0 Å². The number of nitrogens with one attached hydrogen (secondary N) is 1. The van der Waals surface area contributed by atoms with E-state index in [9.17, 15) is 13.6 Å². The van der Waals surface area contributed by atoms with Crippen LogP contribution < -0.4 is 0 Å². The van der Waals surface area contributed by atoms with Gasteiger partial charge in [0.25, 0.3) is 0 Å². The van der Waals surface area contributed by atoms with Gasteiger partial charge >= 0.3 is 0 Å². The van der Waals surface area contributed by atoms with E-state index in [-0.39, 0.29) is 11.1 Å². The van der Waals surface area contributed by atoms with Crippen molar-refractivity contribution < 1.29 is 13.6 Å². The Morgan fingerprint density at radius 2 is 1.86 bits per heavy atom. The SMILES string of the molecule is Cc1cc(C(=O)c2c[nH]c3ccc(Br)cc23)c(F)cc1F.